The lowest BCUT2D eigenvalue weighted by atomic mass is 10.2. The van der Waals surface area contributed by atoms with Crippen molar-refractivity contribution >= 4 is 22.0 Å². The second kappa shape index (κ2) is 8.40. The summed E-state index contributed by atoms with van der Waals surface area (Å²) in [5, 5.41) is 0. The molecular weight excluding hydrogens is 445 g/mol. The Morgan fingerprint density at radius 1 is 1.12 bits per heavy atom. The van der Waals surface area contributed by atoms with Crippen molar-refractivity contribution in [2.75, 3.05) is 26.2 Å². The van der Waals surface area contributed by atoms with E-state index in [1.54, 1.807) is 6.08 Å². The Kier molecular flexibility index (Phi) is 5.93. The number of nitrogens with zero attached hydrogens (tertiary/aromatic N) is 2. The van der Waals surface area contributed by atoms with Crippen LogP contribution in [0.1, 0.15) is 36.3 Å². The summed E-state index contributed by atoms with van der Waals surface area (Å²) < 4.78 is 71.2. The molecule has 6 nitrogen and oxygen atoms in total. The summed E-state index contributed by atoms with van der Waals surface area (Å²) in [6, 6.07) is 7.40. The third kappa shape index (κ3) is 4.75. The lowest BCUT2D eigenvalue weighted by molar-refractivity contribution is -0.137. The van der Waals surface area contributed by atoms with Crippen LogP contribution in [-0.4, -0.2) is 49.7 Å². The highest BCUT2D eigenvalue weighted by Gasteiger charge is 2.37. The van der Waals surface area contributed by atoms with Crippen molar-refractivity contribution in [3.63, 3.8) is 0 Å². The molecule has 0 bridgehead atoms. The second-order valence-electron chi connectivity index (χ2n) is 8.15. The first-order valence-corrected chi connectivity index (χ1v) is 11.7. The molecule has 2 aromatic rings. The zero-order valence-electron chi connectivity index (χ0n) is 17.4. The van der Waals surface area contributed by atoms with Crippen molar-refractivity contribution in [2.24, 2.45) is 5.92 Å². The van der Waals surface area contributed by atoms with Crippen LogP contribution in [0.25, 0.3) is 6.08 Å². The zero-order valence-corrected chi connectivity index (χ0v) is 18.2. The Morgan fingerprint density at radius 2 is 1.81 bits per heavy atom. The van der Waals surface area contributed by atoms with Gasteiger partial charge >= 0.3 is 6.18 Å². The highest BCUT2D eigenvalue weighted by molar-refractivity contribution is 7.89. The molecule has 172 valence electrons. The largest absolute Gasteiger partial charge is 0.461 e. The molecule has 32 heavy (non-hydrogen) atoms. The summed E-state index contributed by atoms with van der Waals surface area (Å²) >= 11 is 0. The Labute approximate surface area is 184 Å². The van der Waals surface area contributed by atoms with E-state index in [1.807, 2.05) is 12.1 Å². The molecule has 2 aliphatic rings. The number of halogens is 3. The van der Waals surface area contributed by atoms with Gasteiger partial charge in [-0.25, -0.2) is 8.42 Å². The van der Waals surface area contributed by atoms with Crippen LogP contribution in [0.15, 0.2) is 51.8 Å². The summed E-state index contributed by atoms with van der Waals surface area (Å²) in [5.41, 5.74) is -1.02. The fourth-order valence-corrected chi connectivity index (χ4v) is 5.23. The number of sulfonamides is 1. The number of rotatable bonds is 5. The van der Waals surface area contributed by atoms with Crippen molar-refractivity contribution in [3.05, 3.63) is 59.6 Å². The smallest absolute Gasteiger partial charge is 0.416 e. The maximum absolute atomic E-state index is 12.9. The summed E-state index contributed by atoms with van der Waals surface area (Å²) in [6.45, 7) is 2.44. The van der Waals surface area contributed by atoms with Crippen molar-refractivity contribution in [2.45, 2.75) is 30.3 Å². The predicted molar refractivity (Wildman–Crippen MR) is 111 cm³/mol. The normalized spacial score (nSPS) is 22.4. The van der Waals surface area contributed by atoms with E-state index in [2.05, 4.69) is 6.92 Å². The highest BCUT2D eigenvalue weighted by Crippen LogP contribution is 2.47. The molecule has 1 amide bonds. The number of benzene rings is 1. The van der Waals surface area contributed by atoms with E-state index in [0.717, 1.165) is 34.7 Å². The monoisotopic (exact) mass is 468 g/mol. The van der Waals surface area contributed by atoms with Gasteiger partial charge in [0.05, 0.1) is 10.5 Å². The summed E-state index contributed by atoms with van der Waals surface area (Å²) in [6.07, 6.45) is -0.557. The molecule has 1 aromatic carbocycles. The number of hydrogen-bond donors (Lipinski definition) is 0. The van der Waals surface area contributed by atoms with Gasteiger partial charge in [0.15, 0.2) is 0 Å². The molecule has 4 rings (SSSR count). The molecule has 2 atom stereocenters. The first kappa shape index (κ1) is 22.6. The number of carbonyl (C=O) groups excluding carboxylic acids is 1. The summed E-state index contributed by atoms with van der Waals surface area (Å²) in [5.74, 6) is 2.28. The molecule has 0 unspecified atom stereocenters. The Hall–Kier alpha value is -2.59. The van der Waals surface area contributed by atoms with Crippen LogP contribution >= 0.6 is 0 Å². The number of hydrogen-bond acceptors (Lipinski definition) is 4. The van der Waals surface area contributed by atoms with Crippen molar-refractivity contribution < 1.29 is 30.8 Å². The summed E-state index contributed by atoms with van der Waals surface area (Å²) in [4.78, 5) is 13.6. The van der Waals surface area contributed by atoms with E-state index < -0.39 is 26.7 Å². The van der Waals surface area contributed by atoms with E-state index in [4.69, 9.17) is 4.42 Å². The topological polar surface area (TPSA) is 70.8 Å². The van der Waals surface area contributed by atoms with Gasteiger partial charge in [0.1, 0.15) is 11.5 Å². The Balaban J connectivity index is 1.36. The van der Waals surface area contributed by atoms with Gasteiger partial charge in [-0.1, -0.05) is 13.0 Å². The highest BCUT2D eigenvalue weighted by atomic mass is 32.2. The van der Waals surface area contributed by atoms with Crippen LogP contribution in [0.2, 0.25) is 0 Å². The molecule has 1 saturated carbocycles. The Morgan fingerprint density at radius 3 is 2.44 bits per heavy atom. The van der Waals surface area contributed by atoms with Crippen molar-refractivity contribution in [1.82, 2.24) is 9.21 Å². The van der Waals surface area contributed by atoms with Crippen LogP contribution in [0.4, 0.5) is 13.2 Å². The number of furan rings is 1. The minimum Gasteiger partial charge on any atom is -0.461 e. The molecular formula is C22H23F3N2O4S. The van der Waals surface area contributed by atoms with Gasteiger partial charge in [-0.3, -0.25) is 4.79 Å². The third-order valence-corrected chi connectivity index (χ3v) is 7.76. The minimum absolute atomic E-state index is 0.00261. The molecule has 0 spiro atoms. The fourth-order valence-electron chi connectivity index (χ4n) is 3.77. The molecule has 1 aromatic heterocycles. The van der Waals surface area contributed by atoms with Gasteiger partial charge in [0.2, 0.25) is 15.9 Å². The maximum atomic E-state index is 12.9. The molecule has 10 heteroatoms. The Bertz CT molecular complexity index is 1130. The average molecular weight is 468 g/mol. The number of alkyl halides is 3. The fraction of sp³-hybridized carbons (Fsp3) is 0.409. The van der Waals surface area contributed by atoms with E-state index in [9.17, 15) is 26.4 Å². The molecule has 1 aliphatic heterocycles. The second-order valence-corrected chi connectivity index (χ2v) is 10.1. The lowest BCUT2D eigenvalue weighted by Crippen LogP contribution is -2.50. The van der Waals surface area contributed by atoms with Gasteiger partial charge in [-0.15, -0.1) is 0 Å². The summed E-state index contributed by atoms with van der Waals surface area (Å²) in [7, 11) is -4.09. The van der Waals surface area contributed by atoms with Crippen LogP contribution in [-0.2, 0) is 21.0 Å². The van der Waals surface area contributed by atoms with Crippen LogP contribution in [0, 0.1) is 5.92 Å². The first-order valence-electron chi connectivity index (χ1n) is 10.3. The minimum atomic E-state index is -4.63. The van der Waals surface area contributed by atoms with Crippen LogP contribution in [0.3, 0.4) is 0 Å². The van der Waals surface area contributed by atoms with Gasteiger partial charge < -0.3 is 9.32 Å². The van der Waals surface area contributed by atoms with Crippen molar-refractivity contribution in [1.29, 1.82) is 0 Å². The molecule has 2 heterocycles. The van der Waals surface area contributed by atoms with Crippen LogP contribution < -0.4 is 0 Å². The van der Waals surface area contributed by atoms with E-state index in [1.165, 1.54) is 11.0 Å². The zero-order chi connectivity index (χ0) is 23.1. The standard InChI is InChI=1S/C22H23F3N2O4S/c1-15-13-19(15)20-7-5-17(31-20)6-8-21(28)26-9-11-27(12-10-26)32(29,30)18-4-2-3-16(14-18)22(23,24)25/h2-8,14-15,19H,9-13H2,1H3/b8-6+/t15-,19-/m0/s1. The van der Waals surface area contributed by atoms with Gasteiger partial charge in [-0.2, -0.15) is 17.5 Å². The SMILES string of the molecule is C[C@H]1C[C@@H]1c1ccc(/C=C/C(=O)N2CCN(S(=O)(=O)c3cccc(C(F)(F)F)c3)CC2)o1. The molecule has 0 N–H and O–H groups in total. The van der Waals surface area contributed by atoms with E-state index in [-0.39, 0.29) is 32.1 Å². The predicted octanol–water partition coefficient (Wildman–Crippen LogP) is 3.97. The molecule has 0 radical (unpaired) electrons. The van der Waals surface area contributed by atoms with E-state index >= 15 is 0 Å². The quantitative estimate of drug-likeness (QED) is 0.623. The molecule has 2 fully saturated rings. The van der Waals surface area contributed by atoms with Crippen molar-refractivity contribution in [3.8, 4) is 0 Å². The number of piperazine rings is 1. The maximum Gasteiger partial charge on any atom is 0.416 e. The third-order valence-electron chi connectivity index (χ3n) is 5.86. The number of amides is 1. The average Bonchev–Trinajstić information content (AvgIpc) is 3.31. The molecule has 1 aliphatic carbocycles. The van der Waals surface area contributed by atoms with Gasteiger partial charge in [0, 0.05) is 38.2 Å². The van der Waals surface area contributed by atoms with E-state index in [0.29, 0.717) is 23.7 Å². The first-order chi connectivity index (χ1) is 15.1. The van der Waals surface area contributed by atoms with Crippen LogP contribution in [0.5, 0.6) is 0 Å². The van der Waals surface area contributed by atoms with Gasteiger partial charge in [0.25, 0.3) is 0 Å². The number of carbonyl (C=O) groups is 1. The lowest BCUT2D eigenvalue weighted by Gasteiger charge is -2.33. The van der Waals surface area contributed by atoms with Gasteiger partial charge in [-0.05, 0) is 48.7 Å². The molecule has 1 saturated heterocycles.